The maximum absolute atomic E-state index is 9.53. The Morgan fingerprint density at radius 1 is 1.23 bits per heavy atom. The molecule has 1 N–H and O–H groups in total. The number of rotatable bonds is 0. The first kappa shape index (κ1) is 9.07. The van der Waals surface area contributed by atoms with E-state index >= 15 is 0 Å². The first-order valence-electron chi connectivity index (χ1n) is 3.96. The Bertz CT molecular complexity index is 358. The van der Waals surface area contributed by atoms with Crippen molar-refractivity contribution in [2.45, 2.75) is 10.4 Å². The number of aliphatic hydroxyl groups excluding tert-OH is 1. The van der Waals surface area contributed by atoms with Gasteiger partial charge in [-0.25, -0.2) is 0 Å². The standard InChI is InChI=1S/C10H8Cl2O/c11-10(12)8-4-2-1-3-7(8)5-6-9(10)13/h1-6,9,13H. The van der Waals surface area contributed by atoms with Gasteiger partial charge in [0.25, 0.3) is 0 Å². The van der Waals surface area contributed by atoms with Gasteiger partial charge in [-0.15, -0.1) is 0 Å². The summed E-state index contributed by atoms with van der Waals surface area (Å²) in [7, 11) is 0. The average molecular weight is 215 g/mol. The van der Waals surface area contributed by atoms with Crippen LogP contribution in [0.4, 0.5) is 0 Å². The summed E-state index contributed by atoms with van der Waals surface area (Å²) < 4.78 is -1.22. The van der Waals surface area contributed by atoms with Crippen LogP contribution in [-0.4, -0.2) is 11.2 Å². The lowest BCUT2D eigenvalue weighted by Gasteiger charge is -2.28. The molecule has 0 radical (unpaired) electrons. The van der Waals surface area contributed by atoms with Crippen LogP contribution in [0, 0.1) is 0 Å². The Balaban J connectivity index is 2.61. The molecule has 0 fully saturated rings. The van der Waals surface area contributed by atoms with Crippen LogP contribution in [0.15, 0.2) is 30.3 Å². The van der Waals surface area contributed by atoms with Crippen molar-refractivity contribution < 1.29 is 5.11 Å². The third-order valence-electron chi connectivity index (χ3n) is 2.15. The average Bonchev–Trinajstić information content (AvgIpc) is 2.13. The molecule has 0 aliphatic heterocycles. The molecule has 1 aliphatic carbocycles. The molecule has 0 spiro atoms. The number of halogens is 2. The van der Waals surface area contributed by atoms with Gasteiger partial charge in [0.2, 0.25) is 0 Å². The van der Waals surface area contributed by atoms with Crippen LogP contribution in [0.25, 0.3) is 6.08 Å². The zero-order valence-electron chi connectivity index (χ0n) is 6.74. The summed E-state index contributed by atoms with van der Waals surface area (Å²) in [5, 5.41) is 9.53. The third kappa shape index (κ3) is 1.37. The number of fused-ring (bicyclic) bond motifs is 1. The monoisotopic (exact) mass is 214 g/mol. The Kier molecular flexibility index (Phi) is 2.11. The summed E-state index contributed by atoms with van der Waals surface area (Å²) in [6.45, 7) is 0. The molecule has 2 rings (SSSR count). The second kappa shape index (κ2) is 3.02. The largest absolute Gasteiger partial charge is 0.386 e. The van der Waals surface area contributed by atoms with Crippen LogP contribution in [0.2, 0.25) is 0 Å². The number of hydrogen-bond acceptors (Lipinski definition) is 1. The summed E-state index contributed by atoms with van der Waals surface area (Å²) in [6, 6.07) is 7.49. The van der Waals surface area contributed by atoms with Crippen molar-refractivity contribution in [2.75, 3.05) is 0 Å². The van der Waals surface area contributed by atoms with Gasteiger partial charge in [0.05, 0.1) is 0 Å². The molecule has 68 valence electrons. The fourth-order valence-electron chi connectivity index (χ4n) is 1.42. The molecule has 1 aliphatic rings. The molecular formula is C10H8Cl2O. The molecule has 3 heteroatoms. The number of alkyl halides is 2. The van der Waals surface area contributed by atoms with Gasteiger partial charge in [-0.05, 0) is 11.1 Å². The Labute approximate surface area is 86.6 Å². The zero-order valence-corrected chi connectivity index (χ0v) is 8.26. The highest BCUT2D eigenvalue weighted by molar-refractivity contribution is 6.49. The van der Waals surface area contributed by atoms with Gasteiger partial charge in [-0.3, -0.25) is 0 Å². The van der Waals surface area contributed by atoms with Gasteiger partial charge in [-0.1, -0.05) is 59.6 Å². The van der Waals surface area contributed by atoms with Crippen LogP contribution in [0.3, 0.4) is 0 Å². The molecule has 0 aromatic heterocycles. The lowest BCUT2D eigenvalue weighted by atomic mass is 9.95. The second-order valence-electron chi connectivity index (χ2n) is 3.01. The molecule has 0 saturated carbocycles. The maximum Gasteiger partial charge on any atom is 0.172 e. The van der Waals surface area contributed by atoms with Gasteiger partial charge >= 0.3 is 0 Å². The molecule has 0 bridgehead atoms. The minimum absolute atomic E-state index is 0.758. The van der Waals surface area contributed by atoms with E-state index in [1.165, 1.54) is 0 Å². The molecule has 1 atom stereocenters. The topological polar surface area (TPSA) is 20.2 Å². The van der Waals surface area contributed by atoms with Crippen molar-refractivity contribution in [3.63, 3.8) is 0 Å². The minimum atomic E-state index is -1.22. The van der Waals surface area contributed by atoms with E-state index in [4.69, 9.17) is 23.2 Å². The summed E-state index contributed by atoms with van der Waals surface area (Å²) in [5.41, 5.74) is 1.71. The summed E-state index contributed by atoms with van der Waals surface area (Å²) in [5.74, 6) is 0. The summed E-state index contributed by atoms with van der Waals surface area (Å²) >= 11 is 12.0. The molecule has 13 heavy (non-hydrogen) atoms. The highest BCUT2D eigenvalue weighted by Gasteiger charge is 2.37. The van der Waals surface area contributed by atoms with Gasteiger partial charge < -0.3 is 5.11 Å². The van der Waals surface area contributed by atoms with Crippen LogP contribution < -0.4 is 0 Å². The normalized spacial score (nSPS) is 24.1. The Hall–Kier alpha value is -0.500. The quantitative estimate of drug-likeness (QED) is 0.659. The number of hydrogen-bond donors (Lipinski definition) is 1. The summed E-state index contributed by atoms with van der Waals surface area (Å²) in [4.78, 5) is 0. The fraction of sp³-hybridized carbons (Fsp3) is 0.200. The molecule has 1 unspecified atom stereocenters. The van der Waals surface area contributed by atoms with E-state index < -0.39 is 10.4 Å². The first-order valence-corrected chi connectivity index (χ1v) is 4.71. The lowest BCUT2D eigenvalue weighted by molar-refractivity contribution is 0.203. The smallest absolute Gasteiger partial charge is 0.172 e. The van der Waals surface area contributed by atoms with Crippen molar-refractivity contribution in [3.05, 3.63) is 41.5 Å². The minimum Gasteiger partial charge on any atom is -0.386 e. The highest BCUT2D eigenvalue weighted by atomic mass is 35.5. The van der Waals surface area contributed by atoms with E-state index in [0.717, 1.165) is 11.1 Å². The van der Waals surface area contributed by atoms with Gasteiger partial charge in [0.1, 0.15) is 6.10 Å². The second-order valence-corrected chi connectivity index (χ2v) is 4.40. The van der Waals surface area contributed by atoms with Gasteiger partial charge in [0.15, 0.2) is 4.33 Å². The fourth-order valence-corrected chi connectivity index (χ4v) is 1.91. The molecule has 1 aromatic carbocycles. The predicted octanol–water partition coefficient (Wildman–Crippen LogP) is 2.70. The van der Waals surface area contributed by atoms with Crippen LogP contribution in [0.5, 0.6) is 0 Å². The Morgan fingerprint density at radius 3 is 2.69 bits per heavy atom. The van der Waals surface area contributed by atoms with E-state index in [1.807, 2.05) is 30.3 Å². The highest BCUT2D eigenvalue weighted by Crippen LogP contribution is 2.42. The van der Waals surface area contributed by atoms with Crippen LogP contribution in [0.1, 0.15) is 11.1 Å². The molecule has 1 aromatic rings. The molecule has 0 saturated heterocycles. The van der Waals surface area contributed by atoms with Crippen molar-refractivity contribution >= 4 is 29.3 Å². The molecule has 0 amide bonds. The SMILES string of the molecule is OC1C=Cc2ccccc2C1(Cl)Cl. The number of aliphatic hydroxyl groups is 1. The van der Waals surface area contributed by atoms with E-state index in [-0.39, 0.29) is 0 Å². The van der Waals surface area contributed by atoms with Crippen molar-refractivity contribution in [1.29, 1.82) is 0 Å². The van der Waals surface area contributed by atoms with E-state index in [0.29, 0.717) is 0 Å². The van der Waals surface area contributed by atoms with Crippen LogP contribution in [-0.2, 0) is 4.33 Å². The Morgan fingerprint density at radius 2 is 1.92 bits per heavy atom. The third-order valence-corrected chi connectivity index (χ3v) is 3.00. The molecule has 0 heterocycles. The maximum atomic E-state index is 9.53. The summed E-state index contributed by atoms with van der Waals surface area (Å²) in [6.07, 6.45) is 2.58. The van der Waals surface area contributed by atoms with Gasteiger partial charge in [-0.2, -0.15) is 0 Å². The lowest BCUT2D eigenvalue weighted by Crippen LogP contribution is -2.29. The van der Waals surface area contributed by atoms with Gasteiger partial charge in [0, 0.05) is 0 Å². The molecule has 1 nitrogen and oxygen atoms in total. The van der Waals surface area contributed by atoms with Crippen molar-refractivity contribution in [1.82, 2.24) is 0 Å². The van der Waals surface area contributed by atoms with Crippen LogP contribution >= 0.6 is 23.2 Å². The molecular weight excluding hydrogens is 207 g/mol. The number of benzene rings is 1. The van der Waals surface area contributed by atoms with E-state index in [9.17, 15) is 5.11 Å². The van der Waals surface area contributed by atoms with E-state index in [2.05, 4.69) is 0 Å². The van der Waals surface area contributed by atoms with E-state index in [1.54, 1.807) is 6.08 Å². The van der Waals surface area contributed by atoms with Crippen molar-refractivity contribution in [3.8, 4) is 0 Å². The first-order chi connectivity index (χ1) is 6.12. The van der Waals surface area contributed by atoms with Crippen molar-refractivity contribution in [2.24, 2.45) is 0 Å². The zero-order chi connectivity index (χ0) is 9.47. The predicted molar refractivity (Wildman–Crippen MR) is 54.9 cm³/mol.